The molecule has 6 fully saturated rings. The number of nitrogens with zero attached hydrogens (tertiary/aromatic N) is 12. The van der Waals surface area contributed by atoms with Crippen LogP contribution in [0.1, 0.15) is 0 Å². The Morgan fingerprint density at radius 1 is 0.180 bits per heavy atom. The molecule has 0 aliphatic carbocycles. The van der Waals surface area contributed by atoms with Gasteiger partial charge in [0.2, 0.25) is 0 Å². The van der Waals surface area contributed by atoms with Gasteiger partial charge in [0.15, 0.2) is 93.1 Å². The third-order valence-corrected chi connectivity index (χ3v) is 17.4. The summed E-state index contributed by atoms with van der Waals surface area (Å²) < 4.78 is 308. The Kier molecular flexibility index (Phi) is 37.0. The maximum atomic E-state index is 15.4. The number of hydrogen-bond donors (Lipinski definition) is 0. The van der Waals surface area contributed by atoms with E-state index in [2.05, 4.69) is 59.5 Å². The standard InChI is InChI=1S/C32F16N8.2C18H36N2O6.Cu.2Na/c33-9-1-2(10(34)18(42)17(9)41)26-49-25(1)53-27-3-4(12(36)20(44)19(43)11(3)35)29(50-27)55-31-7-8(16(40)24(48)23(47)15(7)39)32(52-31)56-30-6-5(28(51-30)54-26)13(37)21(45)22(46)14(6)38;2*1-7-21-13-14-24-10-4-20-5-11-25-17-15-22-8-2-19(1)3-9-23-16-18-26-12-6-20;;;/h;2*1-18H2;;;/q-4;;;+2;2*+1. The average Bonchev–Trinajstić information content (AvgIpc) is 1.57. The van der Waals surface area contributed by atoms with Gasteiger partial charge in [-0.2, -0.15) is 0 Å². The van der Waals surface area contributed by atoms with E-state index in [4.69, 9.17) is 56.8 Å². The molecular weight excluding hydrogens is 1590 g/mol. The van der Waals surface area contributed by atoms with E-state index in [1.54, 1.807) is 0 Å². The summed E-state index contributed by atoms with van der Waals surface area (Å²) in [6.45, 7) is 26.4. The van der Waals surface area contributed by atoms with Crippen LogP contribution >= 0.6 is 0 Å². The van der Waals surface area contributed by atoms with Crippen LogP contribution in [0, 0.1) is 93.1 Å². The van der Waals surface area contributed by atoms with Gasteiger partial charge in [-0.15, -0.1) is 0 Å². The molecule has 43 heteroatoms. The third-order valence-electron chi connectivity index (χ3n) is 17.4. The van der Waals surface area contributed by atoms with Crippen molar-refractivity contribution in [3.8, 4) is 0 Å². The molecule has 4 aromatic carbocycles. The maximum Gasteiger partial charge on any atom is 2.00 e. The van der Waals surface area contributed by atoms with Gasteiger partial charge in [0.05, 0.1) is 159 Å². The summed E-state index contributed by atoms with van der Waals surface area (Å²) in [5.41, 5.74) is -5.70. The zero-order valence-electron chi connectivity index (χ0n) is 60.1. The van der Waals surface area contributed by atoms with Crippen molar-refractivity contribution in [1.29, 1.82) is 0 Å². The zero-order chi connectivity index (χ0) is 76.4. The first-order chi connectivity index (χ1) is 52.3. The molecular formula is C68H72CuF16N12Na2O12. The molecule has 0 spiro atoms. The summed E-state index contributed by atoms with van der Waals surface area (Å²) in [5, 5.41) is -12.1. The Bertz CT molecular complexity index is 4040. The molecule has 1 radical (unpaired) electrons. The van der Waals surface area contributed by atoms with Crippen LogP contribution in [0.2, 0.25) is 0 Å². The summed E-state index contributed by atoms with van der Waals surface area (Å²) in [6.07, 6.45) is 0. The van der Waals surface area contributed by atoms with Gasteiger partial charge in [0, 0.05) is 167 Å². The normalized spacial score (nSPS) is 22.0. The van der Waals surface area contributed by atoms with Gasteiger partial charge in [-0.1, -0.05) is 0 Å². The molecule has 0 amide bonds. The van der Waals surface area contributed by atoms with Crippen LogP contribution in [-0.2, 0) is 73.9 Å². The molecule has 8 aromatic rings. The van der Waals surface area contributed by atoms with Crippen molar-refractivity contribution in [3.05, 3.63) is 115 Å². The van der Waals surface area contributed by atoms with Gasteiger partial charge in [-0.3, -0.25) is 19.6 Å². The number of aromatic nitrogens is 4. The number of rotatable bonds is 0. The molecule has 4 aromatic heterocycles. The van der Waals surface area contributed by atoms with E-state index in [0.717, 1.165) is 78.5 Å². The monoisotopic (exact) mass is 1660 g/mol. The van der Waals surface area contributed by atoms with Gasteiger partial charge in [0.25, 0.3) is 0 Å². The summed E-state index contributed by atoms with van der Waals surface area (Å²) in [5.74, 6) is -44.8. The van der Waals surface area contributed by atoms with E-state index < -0.39 is 181 Å². The second-order valence-corrected chi connectivity index (χ2v) is 24.2. The van der Waals surface area contributed by atoms with Crippen LogP contribution in [0.4, 0.5) is 93.5 Å². The molecule has 601 valence electrons. The molecule has 111 heavy (non-hydrogen) atoms. The van der Waals surface area contributed by atoms with Crippen LogP contribution in [0.25, 0.3) is 43.1 Å². The molecule has 7 aliphatic heterocycles. The Morgan fingerprint density at radius 3 is 0.441 bits per heavy atom. The van der Waals surface area contributed by atoms with Crippen molar-refractivity contribution < 1.29 is 203 Å². The second kappa shape index (κ2) is 44.9. The van der Waals surface area contributed by atoms with Crippen LogP contribution in [0.15, 0.2) is 20.0 Å². The average molecular weight is 1660 g/mol. The van der Waals surface area contributed by atoms with Gasteiger partial charge in [0.1, 0.15) is 0 Å². The maximum absolute atomic E-state index is 15.4. The number of ether oxygens (including phenoxy) is 12. The molecule has 0 N–H and O–H groups in total. The minimum atomic E-state index is -2.55. The van der Waals surface area contributed by atoms with Crippen molar-refractivity contribution >= 4 is 66.4 Å². The van der Waals surface area contributed by atoms with E-state index >= 15 is 35.1 Å². The van der Waals surface area contributed by atoms with Crippen LogP contribution in [0.5, 0.6) is 0 Å². The molecule has 24 nitrogen and oxygen atoms in total. The fourth-order valence-corrected chi connectivity index (χ4v) is 11.7. The molecule has 6 saturated heterocycles. The zero-order valence-corrected chi connectivity index (χ0v) is 65.0. The number of hydrogen-bond acceptors (Lipinski definition) is 20. The van der Waals surface area contributed by atoms with Crippen LogP contribution in [0.3, 0.4) is 0 Å². The largest absolute Gasteiger partial charge is 2.00 e. The predicted octanol–water partition coefficient (Wildman–Crippen LogP) is -0.0877. The Hall–Kier alpha value is -5.00. The van der Waals surface area contributed by atoms with Crippen molar-refractivity contribution in [2.24, 2.45) is 20.0 Å². The smallest absolute Gasteiger partial charge is 0.378 e. The van der Waals surface area contributed by atoms with Crippen molar-refractivity contribution in [1.82, 2.24) is 39.5 Å². The van der Waals surface area contributed by atoms with Gasteiger partial charge >= 0.3 is 76.2 Å². The van der Waals surface area contributed by atoms with E-state index in [-0.39, 0.29) is 76.2 Å². The van der Waals surface area contributed by atoms with Gasteiger partial charge in [-0.05, 0) is 0 Å². The Balaban J connectivity index is 0.000000236. The first kappa shape index (κ1) is 91.5. The number of benzene rings is 4. The topological polar surface area (TPSA) is 230 Å². The SMILES string of the molecule is C1COCCN2CCOCCOCCN(CCO1)CCOCCOCC2.C1COCCN2CCOCCOCCN(CCO1)CCOCCOCC2.Fc1c(F)c(F)c2c3[n-]c(c2c1F)/N=c1\[n-]/c(c2c(F)c(F)c(F)c(F)c12)=N\c1[n-]c(c2c(F)c(F)c(F)c(F)c12)/N=c1\[n-]/c(c2c(F)c(F)c(F)c(F)c12)=N\3.[Cu+2].[Na+].[Na+]. The van der Waals surface area contributed by atoms with Crippen LogP contribution in [-0.4, -0.2) is 257 Å². The van der Waals surface area contributed by atoms with E-state index in [9.17, 15) is 35.1 Å². The summed E-state index contributed by atoms with van der Waals surface area (Å²) in [7, 11) is 0. The Labute approximate surface area is 676 Å². The molecule has 11 heterocycles. The molecule has 0 unspecified atom stereocenters. The minimum absolute atomic E-state index is 0. The second-order valence-electron chi connectivity index (χ2n) is 24.2. The van der Waals surface area contributed by atoms with Crippen molar-refractivity contribution in [2.45, 2.75) is 0 Å². The van der Waals surface area contributed by atoms with E-state index in [1.807, 2.05) is 0 Å². The summed E-state index contributed by atoms with van der Waals surface area (Å²) >= 11 is 0. The molecule has 15 rings (SSSR count). The molecule has 0 saturated carbocycles. The summed E-state index contributed by atoms with van der Waals surface area (Å²) in [4.78, 5) is 37.5. The van der Waals surface area contributed by atoms with E-state index in [1.165, 1.54) is 0 Å². The fraction of sp³-hybridized carbons (Fsp3) is 0.529. The van der Waals surface area contributed by atoms with Gasteiger partial charge < -0.3 is 96.7 Å². The van der Waals surface area contributed by atoms with Crippen LogP contribution < -0.4 is 101 Å². The summed E-state index contributed by atoms with van der Waals surface area (Å²) in [6, 6.07) is 0. The first-order valence-corrected chi connectivity index (χ1v) is 34.3. The number of halogens is 16. The molecule has 7 aliphatic rings. The Morgan fingerprint density at radius 2 is 0.306 bits per heavy atom. The van der Waals surface area contributed by atoms with E-state index in [0.29, 0.717) is 159 Å². The molecule has 12 bridgehead atoms. The van der Waals surface area contributed by atoms with Crippen molar-refractivity contribution in [3.63, 3.8) is 0 Å². The first-order valence-electron chi connectivity index (χ1n) is 34.3. The van der Waals surface area contributed by atoms with Crippen molar-refractivity contribution in [2.75, 3.05) is 237 Å². The predicted molar refractivity (Wildman–Crippen MR) is 347 cm³/mol. The minimum Gasteiger partial charge on any atom is -0.378 e. The van der Waals surface area contributed by atoms with Gasteiger partial charge in [-0.25, -0.2) is 70.2 Å². The fourth-order valence-electron chi connectivity index (χ4n) is 11.7. The quantitative estimate of drug-likeness (QED) is 0.0837. The number of fused-ring (bicyclic) bond motifs is 62. The molecule has 0 atom stereocenters. The third kappa shape index (κ3) is 22.8.